The molecule has 1 fully saturated rings. The van der Waals surface area contributed by atoms with Crippen LogP contribution in [0.25, 0.3) is 0 Å². The van der Waals surface area contributed by atoms with Crippen molar-refractivity contribution in [2.75, 3.05) is 6.61 Å². The molecule has 2 aromatic carbocycles. The smallest absolute Gasteiger partial charge is 0.163 e. The standard InChI is InChI=1S/C16H13NO2/c1-3-7-12(8-4-1)14-15-16(19-15,11-18-17-14)13-9-5-2-6-10-13/h1-10,15H,11H2/t15-,16+/m1/s1. The molecule has 0 N–H and O–H groups in total. The van der Waals surface area contributed by atoms with Gasteiger partial charge in [-0.3, -0.25) is 0 Å². The van der Waals surface area contributed by atoms with Crippen molar-refractivity contribution in [3.63, 3.8) is 0 Å². The van der Waals surface area contributed by atoms with E-state index in [-0.39, 0.29) is 11.7 Å². The first-order valence-corrected chi connectivity index (χ1v) is 6.39. The number of fused-ring (bicyclic) bond motifs is 1. The van der Waals surface area contributed by atoms with Crippen LogP contribution < -0.4 is 0 Å². The highest BCUT2D eigenvalue weighted by atomic mass is 16.7. The number of nitrogens with zero attached hydrogens (tertiary/aromatic N) is 1. The number of oxime groups is 1. The van der Waals surface area contributed by atoms with Crippen molar-refractivity contribution in [3.8, 4) is 0 Å². The third kappa shape index (κ3) is 1.59. The lowest BCUT2D eigenvalue weighted by Gasteiger charge is -2.17. The van der Waals surface area contributed by atoms with Gasteiger partial charge in [0, 0.05) is 5.56 Å². The van der Waals surface area contributed by atoms with E-state index < -0.39 is 0 Å². The predicted octanol–water partition coefficient (Wildman–Crippen LogP) is 2.72. The van der Waals surface area contributed by atoms with Crippen molar-refractivity contribution < 1.29 is 9.57 Å². The minimum atomic E-state index is -0.339. The summed E-state index contributed by atoms with van der Waals surface area (Å²) in [5, 5.41) is 4.18. The fraction of sp³-hybridized carbons (Fsp3) is 0.188. The van der Waals surface area contributed by atoms with Gasteiger partial charge < -0.3 is 9.57 Å². The van der Waals surface area contributed by atoms with Crippen molar-refractivity contribution in [1.82, 2.24) is 0 Å². The first-order valence-electron chi connectivity index (χ1n) is 6.39. The molecular weight excluding hydrogens is 238 g/mol. The summed E-state index contributed by atoms with van der Waals surface area (Å²) in [4.78, 5) is 5.41. The van der Waals surface area contributed by atoms with E-state index in [0.29, 0.717) is 6.61 Å². The average molecular weight is 251 g/mol. The molecular formula is C16H13NO2. The van der Waals surface area contributed by atoms with Crippen LogP contribution in [0.3, 0.4) is 0 Å². The maximum atomic E-state index is 5.96. The largest absolute Gasteiger partial charge is 0.392 e. The zero-order valence-corrected chi connectivity index (χ0v) is 10.3. The Morgan fingerprint density at radius 1 is 0.947 bits per heavy atom. The fourth-order valence-electron chi connectivity index (χ4n) is 2.64. The highest BCUT2D eigenvalue weighted by molar-refractivity contribution is 6.06. The summed E-state index contributed by atoms with van der Waals surface area (Å²) < 4.78 is 5.96. The van der Waals surface area contributed by atoms with Crippen LogP contribution >= 0.6 is 0 Å². The minimum absolute atomic E-state index is 0.00560. The lowest BCUT2D eigenvalue weighted by Crippen LogP contribution is -2.28. The van der Waals surface area contributed by atoms with Gasteiger partial charge in [-0.25, -0.2) is 0 Å². The van der Waals surface area contributed by atoms with Crippen LogP contribution in [0.4, 0.5) is 0 Å². The Morgan fingerprint density at radius 3 is 2.37 bits per heavy atom. The molecule has 4 rings (SSSR count). The minimum Gasteiger partial charge on any atom is -0.392 e. The van der Waals surface area contributed by atoms with Crippen molar-refractivity contribution >= 4 is 5.71 Å². The van der Waals surface area contributed by atoms with Gasteiger partial charge >= 0.3 is 0 Å². The van der Waals surface area contributed by atoms with Gasteiger partial charge in [0.15, 0.2) is 12.2 Å². The molecule has 2 aliphatic heterocycles. The van der Waals surface area contributed by atoms with E-state index in [1.165, 1.54) is 0 Å². The number of ether oxygens (including phenoxy) is 1. The molecule has 0 aliphatic carbocycles. The van der Waals surface area contributed by atoms with Crippen molar-refractivity contribution in [2.24, 2.45) is 5.16 Å². The van der Waals surface area contributed by atoms with Crippen LogP contribution in [0.1, 0.15) is 11.1 Å². The monoisotopic (exact) mass is 251 g/mol. The van der Waals surface area contributed by atoms with Crippen LogP contribution in [0.5, 0.6) is 0 Å². The zero-order chi connectivity index (χ0) is 12.7. The molecule has 0 saturated carbocycles. The summed E-state index contributed by atoms with van der Waals surface area (Å²) in [5.74, 6) is 0. The molecule has 0 radical (unpaired) electrons. The highest BCUT2D eigenvalue weighted by Crippen LogP contribution is 2.50. The summed E-state index contributed by atoms with van der Waals surface area (Å²) in [6.45, 7) is 0.484. The van der Waals surface area contributed by atoms with Crippen LogP contribution in [0, 0.1) is 0 Å². The predicted molar refractivity (Wildman–Crippen MR) is 71.9 cm³/mol. The first-order chi connectivity index (χ1) is 9.40. The number of rotatable bonds is 2. The molecule has 19 heavy (non-hydrogen) atoms. The fourth-order valence-corrected chi connectivity index (χ4v) is 2.64. The summed E-state index contributed by atoms with van der Waals surface area (Å²) in [6, 6.07) is 20.3. The highest BCUT2D eigenvalue weighted by Gasteiger charge is 2.63. The zero-order valence-electron chi connectivity index (χ0n) is 10.3. The van der Waals surface area contributed by atoms with Gasteiger partial charge in [-0.05, 0) is 5.56 Å². The Morgan fingerprint density at radius 2 is 1.63 bits per heavy atom. The van der Waals surface area contributed by atoms with Crippen molar-refractivity contribution in [1.29, 1.82) is 0 Å². The first kappa shape index (κ1) is 10.8. The normalized spacial score (nSPS) is 28.0. The topological polar surface area (TPSA) is 34.1 Å². The van der Waals surface area contributed by atoms with Crippen LogP contribution in [-0.4, -0.2) is 18.4 Å². The number of hydrogen-bond donors (Lipinski definition) is 0. The van der Waals surface area contributed by atoms with Crippen molar-refractivity contribution in [2.45, 2.75) is 11.7 Å². The van der Waals surface area contributed by atoms with E-state index in [0.717, 1.165) is 16.8 Å². The summed E-state index contributed by atoms with van der Waals surface area (Å²) >= 11 is 0. The number of benzene rings is 2. The molecule has 3 nitrogen and oxygen atoms in total. The van der Waals surface area contributed by atoms with Gasteiger partial charge in [0.2, 0.25) is 0 Å². The Bertz CT molecular complexity index is 624. The van der Waals surface area contributed by atoms with Gasteiger partial charge in [0.25, 0.3) is 0 Å². The Labute approximate surface area is 111 Å². The Balaban J connectivity index is 1.71. The van der Waals surface area contributed by atoms with Crippen LogP contribution in [0.15, 0.2) is 65.8 Å². The number of epoxide rings is 1. The summed E-state index contributed by atoms with van der Waals surface area (Å²) in [7, 11) is 0. The molecule has 0 bridgehead atoms. The summed E-state index contributed by atoms with van der Waals surface area (Å²) in [5.41, 5.74) is 2.76. The molecule has 1 saturated heterocycles. The van der Waals surface area contributed by atoms with Gasteiger partial charge in [-0.15, -0.1) is 0 Å². The van der Waals surface area contributed by atoms with E-state index >= 15 is 0 Å². The second kappa shape index (κ2) is 3.93. The van der Waals surface area contributed by atoms with Crippen LogP contribution in [-0.2, 0) is 15.2 Å². The molecule has 2 atom stereocenters. The molecule has 3 heteroatoms. The molecule has 0 unspecified atom stereocenters. The maximum absolute atomic E-state index is 5.96. The number of hydrogen-bond acceptors (Lipinski definition) is 3. The maximum Gasteiger partial charge on any atom is 0.163 e. The Kier molecular flexibility index (Phi) is 2.23. The quantitative estimate of drug-likeness (QED) is 0.769. The third-order valence-electron chi connectivity index (χ3n) is 3.72. The molecule has 94 valence electrons. The van der Waals surface area contributed by atoms with E-state index in [1.807, 2.05) is 48.5 Å². The average Bonchev–Trinajstić information content (AvgIpc) is 3.25. The van der Waals surface area contributed by atoms with E-state index in [4.69, 9.17) is 9.57 Å². The molecule has 0 spiro atoms. The molecule has 2 aliphatic rings. The van der Waals surface area contributed by atoms with E-state index in [1.54, 1.807) is 0 Å². The molecule has 2 aromatic rings. The third-order valence-corrected chi connectivity index (χ3v) is 3.72. The second-order valence-corrected chi connectivity index (χ2v) is 4.87. The second-order valence-electron chi connectivity index (χ2n) is 4.87. The SMILES string of the molecule is c1ccc(C2=NOC[C@@]3(c4ccccc4)O[C@H]23)cc1. The lowest BCUT2D eigenvalue weighted by molar-refractivity contribution is 0.0828. The molecule has 0 amide bonds. The van der Waals surface area contributed by atoms with E-state index in [2.05, 4.69) is 17.3 Å². The summed E-state index contributed by atoms with van der Waals surface area (Å²) in [6.07, 6.45) is 0.00560. The van der Waals surface area contributed by atoms with Crippen LogP contribution in [0.2, 0.25) is 0 Å². The van der Waals surface area contributed by atoms with Gasteiger partial charge in [-0.1, -0.05) is 65.8 Å². The molecule has 0 aromatic heterocycles. The van der Waals surface area contributed by atoms with Gasteiger partial charge in [0.1, 0.15) is 11.8 Å². The molecule has 2 heterocycles. The van der Waals surface area contributed by atoms with E-state index in [9.17, 15) is 0 Å². The Hall–Kier alpha value is -2.13. The van der Waals surface area contributed by atoms with Gasteiger partial charge in [-0.2, -0.15) is 0 Å². The van der Waals surface area contributed by atoms with Crippen molar-refractivity contribution in [3.05, 3.63) is 71.8 Å². The lowest BCUT2D eigenvalue weighted by atomic mass is 9.91. The van der Waals surface area contributed by atoms with Gasteiger partial charge in [0.05, 0.1) is 0 Å².